The molecule has 164 valence electrons. The third kappa shape index (κ3) is 4.46. The Morgan fingerprint density at radius 3 is 2.59 bits per heavy atom. The van der Waals surface area contributed by atoms with Gasteiger partial charge in [-0.05, 0) is 42.5 Å². The minimum atomic E-state index is -4.66. The van der Waals surface area contributed by atoms with Gasteiger partial charge in [-0.15, -0.1) is 0 Å². The van der Waals surface area contributed by atoms with E-state index in [0.717, 1.165) is 5.52 Å². The molecule has 0 saturated carbocycles. The van der Waals surface area contributed by atoms with Crippen molar-refractivity contribution in [2.45, 2.75) is 12.7 Å². The van der Waals surface area contributed by atoms with Gasteiger partial charge in [0.25, 0.3) is 0 Å². The molecule has 0 aliphatic heterocycles. The van der Waals surface area contributed by atoms with Crippen LogP contribution in [-0.4, -0.2) is 20.6 Å². The van der Waals surface area contributed by atoms with Crippen LogP contribution in [0.3, 0.4) is 0 Å². The highest BCUT2D eigenvalue weighted by Crippen LogP contribution is 2.32. The van der Waals surface area contributed by atoms with E-state index in [1.807, 2.05) is 10.6 Å². The number of nitrogens with two attached hydrogens (primary N) is 1. The third-order valence-electron chi connectivity index (χ3n) is 4.67. The maximum atomic E-state index is 13.9. The maximum Gasteiger partial charge on any atom is 0.416 e. The number of nitrogen functional groups attached to an aromatic ring is 1. The quantitative estimate of drug-likeness (QED) is 0.392. The Bertz CT molecular complexity index is 1300. The Hall–Kier alpha value is -4.15. The number of halogens is 4. The molecule has 4 aromatic rings. The molecule has 2 heterocycles. The molecule has 0 fully saturated rings. The number of benzene rings is 2. The number of hydrogen-bond acceptors (Lipinski definition) is 4. The van der Waals surface area contributed by atoms with E-state index in [1.165, 1.54) is 0 Å². The van der Waals surface area contributed by atoms with Crippen molar-refractivity contribution in [2.24, 2.45) is 0 Å². The fourth-order valence-electron chi connectivity index (χ4n) is 3.22. The third-order valence-corrected chi connectivity index (χ3v) is 4.67. The van der Waals surface area contributed by atoms with Crippen molar-refractivity contribution >= 4 is 34.3 Å². The number of carbonyl (C=O) groups is 1. The monoisotopic (exact) mass is 444 g/mol. The van der Waals surface area contributed by atoms with E-state index in [0.29, 0.717) is 41.5 Å². The summed E-state index contributed by atoms with van der Waals surface area (Å²) < 4.78 is 54.4. The summed E-state index contributed by atoms with van der Waals surface area (Å²) >= 11 is 0. The van der Waals surface area contributed by atoms with Crippen LogP contribution in [0, 0.1) is 5.82 Å². The molecular formula is C21H16F4N6O. The van der Waals surface area contributed by atoms with E-state index in [4.69, 9.17) is 5.73 Å². The molecule has 0 spiro atoms. The minimum Gasteiger partial charge on any atom is -0.368 e. The van der Waals surface area contributed by atoms with Gasteiger partial charge in [0, 0.05) is 17.8 Å². The number of urea groups is 1. The average Bonchev–Trinajstić information content (AvgIpc) is 3.13. The topological polar surface area (TPSA) is 97.9 Å². The van der Waals surface area contributed by atoms with Crippen LogP contribution in [0.1, 0.15) is 11.3 Å². The van der Waals surface area contributed by atoms with E-state index >= 15 is 0 Å². The van der Waals surface area contributed by atoms with Gasteiger partial charge >= 0.3 is 12.2 Å². The number of hydrogen-bond donors (Lipinski definition) is 3. The molecule has 0 aliphatic rings. The summed E-state index contributed by atoms with van der Waals surface area (Å²) in [4.78, 5) is 20.4. The molecule has 7 nitrogen and oxygen atoms in total. The van der Waals surface area contributed by atoms with E-state index in [-0.39, 0.29) is 5.95 Å². The second-order valence-corrected chi connectivity index (χ2v) is 6.86. The Morgan fingerprint density at radius 1 is 1.06 bits per heavy atom. The van der Waals surface area contributed by atoms with Gasteiger partial charge in [-0.1, -0.05) is 6.07 Å². The highest BCUT2D eigenvalue weighted by molar-refractivity contribution is 6.05. The van der Waals surface area contributed by atoms with Crippen LogP contribution < -0.4 is 16.4 Å². The molecule has 0 bridgehead atoms. The molecule has 4 N–H and O–H groups in total. The first-order valence-electron chi connectivity index (χ1n) is 9.31. The van der Waals surface area contributed by atoms with E-state index in [9.17, 15) is 22.4 Å². The Morgan fingerprint density at radius 2 is 1.84 bits per heavy atom. The highest BCUT2D eigenvalue weighted by atomic mass is 19.4. The van der Waals surface area contributed by atoms with Crippen LogP contribution in [0.5, 0.6) is 0 Å². The van der Waals surface area contributed by atoms with Gasteiger partial charge in [-0.3, -0.25) is 0 Å². The summed E-state index contributed by atoms with van der Waals surface area (Å²) in [7, 11) is 0. The van der Waals surface area contributed by atoms with Crippen LogP contribution in [0.25, 0.3) is 10.9 Å². The molecular weight excluding hydrogens is 428 g/mol. The van der Waals surface area contributed by atoms with Gasteiger partial charge in [0.05, 0.1) is 34.7 Å². The minimum absolute atomic E-state index is 0.153. The van der Waals surface area contributed by atoms with Crippen molar-refractivity contribution in [3.8, 4) is 0 Å². The normalized spacial score (nSPS) is 11.5. The molecule has 0 atom stereocenters. The Labute approximate surface area is 178 Å². The van der Waals surface area contributed by atoms with E-state index in [1.54, 1.807) is 36.7 Å². The zero-order chi connectivity index (χ0) is 22.9. The summed E-state index contributed by atoms with van der Waals surface area (Å²) in [5, 5.41) is 5.35. The summed E-state index contributed by atoms with van der Waals surface area (Å²) in [6, 6.07) is 9.56. The van der Waals surface area contributed by atoms with Gasteiger partial charge in [0.2, 0.25) is 5.95 Å². The van der Waals surface area contributed by atoms with Crippen molar-refractivity contribution in [2.75, 3.05) is 16.4 Å². The fourth-order valence-corrected chi connectivity index (χ4v) is 3.22. The van der Waals surface area contributed by atoms with Crippen molar-refractivity contribution in [3.63, 3.8) is 0 Å². The van der Waals surface area contributed by atoms with Crippen molar-refractivity contribution in [1.82, 2.24) is 14.5 Å². The lowest BCUT2D eigenvalue weighted by atomic mass is 10.2. The summed E-state index contributed by atoms with van der Waals surface area (Å²) in [6.07, 6.45) is -1.32. The van der Waals surface area contributed by atoms with Gasteiger partial charge in [-0.25, -0.2) is 19.2 Å². The maximum absolute atomic E-state index is 13.9. The number of nitrogens with one attached hydrogen (secondary N) is 2. The first kappa shape index (κ1) is 21.1. The highest BCUT2D eigenvalue weighted by Gasteiger charge is 2.31. The standard InChI is InChI=1S/C21H16F4N6O/c22-15-5-4-12(21(23,24)25)10-17(15)30-20(32)29-16-2-1-3-18-14(16)7-9-31(18)11-13-6-8-27-19(26)28-13/h1-10H,11H2,(H2,26,27,28)(H2,29,30,32). The number of nitrogens with zero attached hydrogens (tertiary/aromatic N) is 3. The average molecular weight is 444 g/mol. The molecule has 4 rings (SSSR count). The van der Waals surface area contributed by atoms with Crippen LogP contribution >= 0.6 is 0 Å². The fraction of sp³-hybridized carbons (Fsp3) is 0.0952. The lowest BCUT2D eigenvalue weighted by Crippen LogP contribution is -2.20. The zero-order valence-electron chi connectivity index (χ0n) is 16.3. The molecule has 0 unspecified atom stereocenters. The number of rotatable bonds is 4. The second kappa shape index (κ2) is 8.17. The number of fused-ring (bicyclic) bond motifs is 1. The number of alkyl halides is 3. The van der Waals surface area contributed by atoms with Crippen LogP contribution in [0.15, 0.2) is 60.9 Å². The van der Waals surface area contributed by atoms with Gasteiger partial charge in [0.1, 0.15) is 5.82 Å². The largest absolute Gasteiger partial charge is 0.416 e. The first-order valence-corrected chi connectivity index (χ1v) is 9.31. The van der Waals surface area contributed by atoms with Gasteiger partial charge in [-0.2, -0.15) is 13.2 Å². The van der Waals surface area contributed by atoms with Crippen molar-refractivity contribution in [1.29, 1.82) is 0 Å². The number of carbonyl (C=O) groups excluding carboxylic acids is 1. The zero-order valence-corrected chi connectivity index (χ0v) is 16.3. The lowest BCUT2D eigenvalue weighted by molar-refractivity contribution is -0.137. The SMILES string of the molecule is Nc1nccc(Cn2ccc3c(NC(=O)Nc4cc(C(F)(F)F)ccc4F)cccc32)n1. The first-order chi connectivity index (χ1) is 15.2. The number of aromatic nitrogens is 3. The van der Waals surface area contributed by atoms with Crippen LogP contribution in [-0.2, 0) is 12.7 Å². The van der Waals surface area contributed by atoms with Gasteiger partial charge in [0.15, 0.2) is 0 Å². The molecule has 11 heteroatoms. The summed E-state index contributed by atoms with van der Waals surface area (Å²) in [5.74, 6) is -0.832. The molecule has 2 aromatic carbocycles. The Balaban J connectivity index is 1.55. The predicted octanol–water partition coefficient (Wildman–Crippen LogP) is 4.86. The Kier molecular flexibility index (Phi) is 5.39. The van der Waals surface area contributed by atoms with E-state index < -0.39 is 29.3 Å². The van der Waals surface area contributed by atoms with Gasteiger partial charge < -0.3 is 20.9 Å². The smallest absolute Gasteiger partial charge is 0.368 e. The second-order valence-electron chi connectivity index (χ2n) is 6.86. The molecule has 0 radical (unpaired) electrons. The molecule has 2 amide bonds. The summed E-state index contributed by atoms with van der Waals surface area (Å²) in [5.41, 5.74) is 5.81. The molecule has 0 aliphatic carbocycles. The summed E-state index contributed by atoms with van der Waals surface area (Å²) in [6.45, 7) is 0.404. The predicted molar refractivity (Wildman–Crippen MR) is 112 cm³/mol. The van der Waals surface area contributed by atoms with Crippen LogP contribution in [0.4, 0.5) is 39.7 Å². The van der Waals surface area contributed by atoms with Crippen molar-refractivity contribution in [3.05, 3.63) is 78.0 Å². The van der Waals surface area contributed by atoms with Crippen LogP contribution in [0.2, 0.25) is 0 Å². The van der Waals surface area contributed by atoms with E-state index in [2.05, 4.69) is 20.6 Å². The molecule has 32 heavy (non-hydrogen) atoms. The molecule has 0 saturated heterocycles. The van der Waals surface area contributed by atoms with Crippen molar-refractivity contribution < 1.29 is 22.4 Å². The lowest BCUT2D eigenvalue weighted by Gasteiger charge is -2.12. The molecule has 2 aromatic heterocycles. The number of anilines is 3. The number of amides is 2.